The zero-order valence-corrected chi connectivity index (χ0v) is 18.8. The van der Waals surface area contributed by atoms with Crippen LogP contribution < -0.4 is 5.32 Å². The minimum absolute atomic E-state index is 0.116. The zero-order chi connectivity index (χ0) is 23.0. The average molecular weight is 444 g/mol. The van der Waals surface area contributed by atoms with Gasteiger partial charge in [-0.1, -0.05) is 61.4 Å². The monoisotopic (exact) mass is 443 g/mol. The summed E-state index contributed by atoms with van der Waals surface area (Å²) in [6.07, 6.45) is 7.72. The van der Waals surface area contributed by atoms with Crippen LogP contribution in [0.15, 0.2) is 67.0 Å². The molecule has 2 aromatic heterocycles. The number of nitrogens with one attached hydrogen (secondary N) is 2. The highest BCUT2D eigenvalue weighted by atomic mass is 16.2. The predicted octanol–water partition coefficient (Wildman–Crippen LogP) is 4.82. The lowest BCUT2D eigenvalue weighted by molar-refractivity contribution is -0.122. The van der Waals surface area contributed by atoms with E-state index in [1.807, 2.05) is 60.8 Å². The molecule has 2 heterocycles. The van der Waals surface area contributed by atoms with E-state index >= 15 is 0 Å². The molecular formula is C26H29N5O2. The Morgan fingerprint density at radius 2 is 1.82 bits per heavy atom. The van der Waals surface area contributed by atoms with Crippen molar-refractivity contribution in [3.63, 3.8) is 0 Å². The van der Waals surface area contributed by atoms with Crippen molar-refractivity contribution in [2.75, 3.05) is 0 Å². The van der Waals surface area contributed by atoms with Crippen LogP contribution in [0, 0.1) is 0 Å². The fourth-order valence-electron chi connectivity index (χ4n) is 3.94. The van der Waals surface area contributed by atoms with E-state index in [0.717, 1.165) is 53.7 Å². The lowest BCUT2D eigenvalue weighted by Gasteiger charge is -2.17. The number of Topliss-reactive ketones (excluding diaryl/α,β-unsaturated/α-hetero) is 1. The number of rotatable bonds is 11. The highest BCUT2D eigenvalue weighted by molar-refractivity contribution is 5.80. The summed E-state index contributed by atoms with van der Waals surface area (Å²) in [5.41, 5.74) is 2.83. The molecule has 170 valence electrons. The van der Waals surface area contributed by atoms with Crippen LogP contribution >= 0.6 is 0 Å². The number of imidazole rings is 1. The van der Waals surface area contributed by atoms with E-state index in [4.69, 9.17) is 0 Å². The first kappa shape index (κ1) is 22.5. The third-order valence-corrected chi connectivity index (χ3v) is 5.63. The van der Waals surface area contributed by atoms with Gasteiger partial charge >= 0.3 is 0 Å². The number of aromatic amines is 1. The number of nitrogens with zero attached hydrogens (tertiary/aromatic N) is 3. The van der Waals surface area contributed by atoms with Crippen molar-refractivity contribution >= 4 is 22.6 Å². The van der Waals surface area contributed by atoms with Crippen molar-refractivity contribution in [2.24, 2.45) is 0 Å². The Morgan fingerprint density at radius 1 is 1.03 bits per heavy atom. The number of ketones is 1. The van der Waals surface area contributed by atoms with E-state index in [9.17, 15) is 9.59 Å². The maximum Gasteiger partial charge on any atom is 0.242 e. The lowest BCUT2D eigenvalue weighted by atomic mass is 10.1. The van der Waals surface area contributed by atoms with Gasteiger partial charge in [0, 0.05) is 18.0 Å². The molecule has 0 bridgehead atoms. The Balaban J connectivity index is 1.44. The van der Waals surface area contributed by atoms with Gasteiger partial charge in [0.25, 0.3) is 0 Å². The van der Waals surface area contributed by atoms with E-state index < -0.39 is 0 Å². The maximum atomic E-state index is 12.9. The molecule has 2 aromatic carbocycles. The van der Waals surface area contributed by atoms with E-state index in [1.54, 1.807) is 17.8 Å². The number of benzene rings is 2. The lowest BCUT2D eigenvalue weighted by Crippen LogP contribution is -2.32. The maximum absolute atomic E-state index is 12.9. The molecule has 0 fully saturated rings. The normalized spacial score (nSPS) is 12.0. The van der Waals surface area contributed by atoms with E-state index in [0.29, 0.717) is 6.42 Å². The van der Waals surface area contributed by atoms with Crippen LogP contribution in [0.1, 0.15) is 50.9 Å². The largest absolute Gasteiger partial charge is 0.345 e. The topological polar surface area (TPSA) is 92.7 Å². The molecule has 7 heteroatoms. The van der Waals surface area contributed by atoms with Crippen LogP contribution in [-0.4, -0.2) is 31.4 Å². The first-order valence-electron chi connectivity index (χ1n) is 11.4. The number of hydrogen-bond acceptors (Lipinski definition) is 4. The molecule has 1 amide bonds. The van der Waals surface area contributed by atoms with Crippen LogP contribution in [0.3, 0.4) is 0 Å². The second kappa shape index (κ2) is 10.7. The number of carbonyl (C=O) groups is 2. The van der Waals surface area contributed by atoms with Crippen molar-refractivity contribution in [3.05, 3.63) is 72.8 Å². The van der Waals surface area contributed by atoms with Gasteiger partial charge in [-0.25, -0.2) is 4.98 Å². The number of amides is 1. The summed E-state index contributed by atoms with van der Waals surface area (Å²) in [4.78, 5) is 32.0. The van der Waals surface area contributed by atoms with Crippen molar-refractivity contribution in [2.45, 2.75) is 51.6 Å². The Labute approximate surface area is 193 Å². The standard InChI is InChI=1S/C26H29N5O2/c1-19(32)10-4-2-7-15-23(26-27-16-24(29-26)20-11-5-3-6-12-20)28-25(33)18-31-17-21-13-8-9-14-22(21)30-31/h3,5-6,8-9,11-14,16-17,23H,2,4,7,10,15,18H2,1H3,(H,27,29)(H,28,33)/t23-/m0/s1. The van der Waals surface area contributed by atoms with Gasteiger partial charge in [-0.2, -0.15) is 5.10 Å². The summed E-state index contributed by atoms with van der Waals surface area (Å²) in [7, 11) is 0. The van der Waals surface area contributed by atoms with Crippen molar-refractivity contribution in [1.29, 1.82) is 0 Å². The fraction of sp³-hybridized carbons (Fsp3) is 0.308. The summed E-state index contributed by atoms with van der Waals surface area (Å²) < 4.78 is 1.67. The number of aromatic nitrogens is 4. The van der Waals surface area contributed by atoms with Crippen molar-refractivity contribution in [1.82, 2.24) is 25.1 Å². The average Bonchev–Trinajstić information content (AvgIpc) is 3.45. The summed E-state index contributed by atoms with van der Waals surface area (Å²) in [6, 6.07) is 17.6. The number of H-pyrrole nitrogens is 1. The molecule has 1 atom stereocenters. The van der Waals surface area contributed by atoms with Gasteiger partial charge in [-0.15, -0.1) is 0 Å². The fourth-order valence-corrected chi connectivity index (χ4v) is 3.94. The summed E-state index contributed by atoms with van der Waals surface area (Å²) >= 11 is 0. The molecule has 0 aliphatic carbocycles. The van der Waals surface area contributed by atoms with Crippen LogP contribution in [-0.2, 0) is 16.1 Å². The molecule has 0 spiro atoms. The SMILES string of the molecule is CC(=O)CCCCC[C@H](NC(=O)Cn1cc2ccccc2n1)c1ncc(-c2ccccc2)[nH]1. The van der Waals surface area contributed by atoms with Crippen molar-refractivity contribution in [3.8, 4) is 11.3 Å². The Bertz CT molecular complexity index is 1180. The molecule has 2 N–H and O–H groups in total. The van der Waals surface area contributed by atoms with Gasteiger partial charge in [-0.05, 0) is 31.4 Å². The molecule has 0 saturated heterocycles. The van der Waals surface area contributed by atoms with Crippen LogP contribution in [0.4, 0.5) is 0 Å². The third kappa shape index (κ3) is 6.16. The molecule has 0 radical (unpaired) electrons. The summed E-state index contributed by atoms with van der Waals surface area (Å²) in [6.45, 7) is 1.76. The smallest absolute Gasteiger partial charge is 0.242 e. The molecule has 4 aromatic rings. The number of unbranched alkanes of at least 4 members (excludes halogenated alkanes) is 2. The molecule has 7 nitrogen and oxygen atoms in total. The molecule has 0 saturated carbocycles. The minimum atomic E-state index is -0.239. The Morgan fingerprint density at radius 3 is 2.61 bits per heavy atom. The highest BCUT2D eigenvalue weighted by Gasteiger charge is 2.19. The minimum Gasteiger partial charge on any atom is -0.345 e. The van der Waals surface area contributed by atoms with Crippen LogP contribution in [0.2, 0.25) is 0 Å². The quantitative estimate of drug-likeness (QED) is 0.325. The second-order valence-corrected chi connectivity index (χ2v) is 8.36. The molecule has 0 aliphatic rings. The Hall–Kier alpha value is -3.74. The number of carbonyl (C=O) groups excluding carboxylic acids is 2. The molecule has 0 aliphatic heterocycles. The molecule has 0 unspecified atom stereocenters. The van der Waals surface area contributed by atoms with Crippen LogP contribution in [0.5, 0.6) is 0 Å². The van der Waals surface area contributed by atoms with E-state index in [2.05, 4.69) is 20.4 Å². The van der Waals surface area contributed by atoms with Gasteiger partial charge in [0.15, 0.2) is 0 Å². The second-order valence-electron chi connectivity index (χ2n) is 8.36. The third-order valence-electron chi connectivity index (χ3n) is 5.63. The number of fused-ring (bicyclic) bond motifs is 1. The predicted molar refractivity (Wildman–Crippen MR) is 128 cm³/mol. The van der Waals surface area contributed by atoms with Gasteiger partial charge in [0.05, 0.1) is 23.4 Å². The Kier molecular flexibility index (Phi) is 7.29. The van der Waals surface area contributed by atoms with E-state index in [1.165, 1.54) is 0 Å². The van der Waals surface area contributed by atoms with Gasteiger partial charge in [0.1, 0.15) is 18.2 Å². The first-order chi connectivity index (χ1) is 16.1. The summed E-state index contributed by atoms with van der Waals surface area (Å²) in [5.74, 6) is 0.832. The van der Waals surface area contributed by atoms with Gasteiger partial charge < -0.3 is 15.1 Å². The molecular weight excluding hydrogens is 414 g/mol. The summed E-state index contributed by atoms with van der Waals surface area (Å²) in [5, 5.41) is 8.62. The van der Waals surface area contributed by atoms with Crippen molar-refractivity contribution < 1.29 is 9.59 Å². The number of hydrogen-bond donors (Lipinski definition) is 2. The molecule has 4 rings (SSSR count). The zero-order valence-electron chi connectivity index (χ0n) is 18.8. The van der Waals surface area contributed by atoms with Gasteiger partial charge in [0.2, 0.25) is 5.91 Å². The molecule has 33 heavy (non-hydrogen) atoms. The highest BCUT2D eigenvalue weighted by Crippen LogP contribution is 2.22. The van der Waals surface area contributed by atoms with E-state index in [-0.39, 0.29) is 24.3 Å². The van der Waals surface area contributed by atoms with Gasteiger partial charge in [-0.3, -0.25) is 9.48 Å². The first-order valence-corrected chi connectivity index (χ1v) is 11.4. The van der Waals surface area contributed by atoms with Crippen LogP contribution in [0.25, 0.3) is 22.2 Å².